The minimum absolute atomic E-state index is 0.0561. The van der Waals surface area contributed by atoms with Gasteiger partial charge in [0.2, 0.25) is 0 Å². The average molecular weight is 330 g/mol. The Morgan fingerprint density at radius 3 is 3.04 bits per heavy atom. The van der Waals surface area contributed by atoms with Crippen LogP contribution in [0.5, 0.6) is 0 Å². The van der Waals surface area contributed by atoms with Crippen LogP contribution < -0.4 is 15.5 Å². The Morgan fingerprint density at radius 1 is 1.46 bits per heavy atom. The van der Waals surface area contributed by atoms with E-state index in [0.29, 0.717) is 5.76 Å². The molecule has 0 saturated carbocycles. The van der Waals surface area contributed by atoms with E-state index in [4.69, 9.17) is 4.42 Å². The highest BCUT2D eigenvalue weighted by atomic mass is 16.4. The van der Waals surface area contributed by atoms with Crippen LogP contribution in [-0.2, 0) is 5.60 Å². The SMILES string of the molecule is CC(O)(CNC(=O)NC1CCN(c2ccccn2)C1)c1ccco1. The van der Waals surface area contributed by atoms with Gasteiger partial charge < -0.3 is 25.1 Å². The summed E-state index contributed by atoms with van der Waals surface area (Å²) in [6, 6.07) is 8.94. The first-order valence-corrected chi connectivity index (χ1v) is 8.01. The molecule has 3 heterocycles. The maximum Gasteiger partial charge on any atom is 0.315 e. The molecule has 2 unspecified atom stereocenters. The molecule has 2 aromatic heterocycles. The number of anilines is 1. The van der Waals surface area contributed by atoms with Crippen LogP contribution >= 0.6 is 0 Å². The largest absolute Gasteiger partial charge is 0.466 e. The number of amides is 2. The summed E-state index contributed by atoms with van der Waals surface area (Å²) in [5, 5.41) is 16.0. The number of hydrogen-bond donors (Lipinski definition) is 3. The van der Waals surface area contributed by atoms with Crippen molar-refractivity contribution in [2.45, 2.75) is 25.0 Å². The highest BCUT2D eigenvalue weighted by molar-refractivity contribution is 5.74. The molecule has 1 fully saturated rings. The molecular formula is C17H22N4O3. The quantitative estimate of drug-likeness (QED) is 0.772. The van der Waals surface area contributed by atoms with Crippen LogP contribution in [0, 0.1) is 0 Å². The Hall–Kier alpha value is -2.54. The predicted molar refractivity (Wildman–Crippen MR) is 89.7 cm³/mol. The van der Waals surface area contributed by atoms with Crippen LogP contribution in [0.2, 0.25) is 0 Å². The summed E-state index contributed by atoms with van der Waals surface area (Å²) in [6.45, 7) is 3.25. The molecule has 0 bridgehead atoms. The lowest BCUT2D eigenvalue weighted by atomic mass is 10.0. The third-order valence-corrected chi connectivity index (χ3v) is 4.14. The second-order valence-corrected chi connectivity index (χ2v) is 6.20. The van der Waals surface area contributed by atoms with E-state index in [1.54, 1.807) is 25.3 Å². The van der Waals surface area contributed by atoms with E-state index in [2.05, 4.69) is 20.5 Å². The van der Waals surface area contributed by atoms with Crippen LogP contribution in [0.4, 0.5) is 10.6 Å². The predicted octanol–water partition coefficient (Wildman–Crippen LogP) is 1.46. The summed E-state index contributed by atoms with van der Waals surface area (Å²) >= 11 is 0. The van der Waals surface area contributed by atoms with Gasteiger partial charge in [0.1, 0.15) is 17.2 Å². The third-order valence-electron chi connectivity index (χ3n) is 4.14. The van der Waals surface area contributed by atoms with Crippen molar-refractivity contribution in [2.24, 2.45) is 0 Å². The number of aliphatic hydroxyl groups is 1. The molecule has 2 aromatic rings. The van der Waals surface area contributed by atoms with Crippen LogP contribution in [0.1, 0.15) is 19.1 Å². The molecule has 1 aliphatic rings. The summed E-state index contributed by atoms with van der Waals surface area (Å²) in [6.07, 6.45) is 4.12. The monoisotopic (exact) mass is 330 g/mol. The van der Waals surface area contributed by atoms with E-state index in [-0.39, 0.29) is 18.6 Å². The first-order chi connectivity index (χ1) is 11.5. The molecule has 128 valence electrons. The van der Waals surface area contributed by atoms with Gasteiger partial charge in [-0.05, 0) is 37.6 Å². The van der Waals surface area contributed by atoms with E-state index in [0.717, 1.165) is 25.3 Å². The number of nitrogens with zero attached hydrogens (tertiary/aromatic N) is 2. The zero-order valence-corrected chi connectivity index (χ0v) is 13.6. The Bertz CT molecular complexity index is 658. The van der Waals surface area contributed by atoms with Gasteiger partial charge >= 0.3 is 6.03 Å². The van der Waals surface area contributed by atoms with Crippen molar-refractivity contribution < 1.29 is 14.3 Å². The fraction of sp³-hybridized carbons (Fsp3) is 0.412. The van der Waals surface area contributed by atoms with Gasteiger partial charge in [0, 0.05) is 25.3 Å². The fourth-order valence-corrected chi connectivity index (χ4v) is 2.79. The topological polar surface area (TPSA) is 90.6 Å². The lowest BCUT2D eigenvalue weighted by Crippen LogP contribution is -2.47. The summed E-state index contributed by atoms with van der Waals surface area (Å²) in [4.78, 5) is 18.5. The van der Waals surface area contributed by atoms with Gasteiger partial charge in [0.15, 0.2) is 0 Å². The molecule has 7 nitrogen and oxygen atoms in total. The summed E-state index contributed by atoms with van der Waals surface area (Å²) in [7, 11) is 0. The molecule has 0 spiro atoms. The number of furan rings is 1. The van der Waals surface area contributed by atoms with E-state index in [1.807, 2.05) is 18.2 Å². The number of nitrogens with one attached hydrogen (secondary N) is 2. The molecule has 3 N–H and O–H groups in total. The molecule has 3 rings (SSSR count). The zero-order valence-electron chi connectivity index (χ0n) is 13.6. The molecule has 0 radical (unpaired) electrons. The number of urea groups is 1. The Morgan fingerprint density at radius 2 is 2.33 bits per heavy atom. The molecule has 7 heteroatoms. The minimum atomic E-state index is -1.24. The second-order valence-electron chi connectivity index (χ2n) is 6.20. The lowest BCUT2D eigenvalue weighted by Gasteiger charge is -2.22. The summed E-state index contributed by atoms with van der Waals surface area (Å²) in [5.74, 6) is 1.34. The first kappa shape index (κ1) is 16.3. The van der Waals surface area contributed by atoms with Gasteiger partial charge in [-0.1, -0.05) is 6.07 Å². The van der Waals surface area contributed by atoms with Crippen LogP contribution in [-0.4, -0.2) is 41.8 Å². The summed E-state index contributed by atoms with van der Waals surface area (Å²) < 4.78 is 5.19. The van der Waals surface area contributed by atoms with Crippen LogP contribution in [0.15, 0.2) is 47.2 Å². The Labute approximate surface area is 140 Å². The summed E-state index contributed by atoms with van der Waals surface area (Å²) in [5.41, 5.74) is -1.24. The van der Waals surface area contributed by atoms with E-state index < -0.39 is 5.60 Å². The van der Waals surface area contributed by atoms with Gasteiger partial charge in [-0.25, -0.2) is 9.78 Å². The van der Waals surface area contributed by atoms with Gasteiger partial charge in [0.25, 0.3) is 0 Å². The second kappa shape index (κ2) is 6.92. The maximum absolute atomic E-state index is 12.1. The minimum Gasteiger partial charge on any atom is -0.466 e. The van der Waals surface area contributed by atoms with Crippen molar-refractivity contribution >= 4 is 11.8 Å². The maximum atomic E-state index is 12.1. The number of rotatable bonds is 5. The number of aromatic nitrogens is 1. The van der Waals surface area contributed by atoms with Crippen molar-refractivity contribution in [3.05, 3.63) is 48.6 Å². The first-order valence-electron chi connectivity index (χ1n) is 8.01. The van der Waals surface area contributed by atoms with E-state index >= 15 is 0 Å². The number of carbonyl (C=O) groups excluding carboxylic acids is 1. The van der Waals surface area contributed by atoms with E-state index in [9.17, 15) is 9.90 Å². The molecule has 0 aromatic carbocycles. The normalized spacial score (nSPS) is 19.8. The molecule has 1 aliphatic heterocycles. The fourth-order valence-electron chi connectivity index (χ4n) is 2.79. The van der Waals surface area contributed by atoms with Crippen LogP contribution in [0.3, 0.4) is 0 Å². The van der Waals surface area contributed by atoms with Crippen molar-refractivity contribution in [3.8, 4) is 0 Å². The zero-order chi connectivity index (χ0) is 17.0. The molecule has 24 heavy (non-hydrogen) atoms. The van der Waals surface area contributed by atoms with Gasteiger partial charge in [-0.3, -0.25) is 0 Å². The molecular weight excluding hydrogens is 308 g/mol. The van der Waals surface area contributed by atoms with E-state index in [1.165, 1.54) is 6.26 Å². The Kier molecular flexibility index (Phi) is 4.71. The number of pyridine rings is 1. The van der Waals surface area contributed by atoms with Crippen molar-refractivity contribution in [3.63, 3.8) is 0 Å². The molecule has 2 amide bonds. The van der Waals surface area contributed by atoms with Gasteiger partial charge in [-0.15, -0.1) is 0 Å². The highest BCUT2D eigenvalue weighted by Gasteiger charge is 2.28. The number of carbonyl (C=O) groups is 1. The Balaban J connectivity index is 1.46. The van der Waals surface area contributed by atoms with Crippen LogP contribution in [0.25, 0.3) is 0 Å². The molecule has 0 aliphatic carbocycles. The van der Waals surface area contributed by atoms with Gasteiger partial charge in [-0.2, -0.15) is 0 Å². The molecule has 1 saturated heterocycles. The van der Waals surface area contributed by atoms with Crippen molar-refractivity contribution in [2.75, 3.05) is 24.5 Å². The lowest BCUT2D eigenvalue weighted by molar-refractivity contribution is 0.0367. The van der Waals surface area contributed by atoms with Crippen molar-refractivity contribution in [1.29, 1.82) is 0 Å². The number of hydrogen-bond acceptors (Lipinski definition) is 5. The smallest absolute Gasteiger partial charge is 0.315 e. The average Bonchev–Trinajstić information content (AvgIpc) is 3.26. The van der Waals surface area contributed by atoms with Crippen molar-refractivity contribution in [1.82, 2.24) is 15.6 Å². The third kappa shape index (κ3) is 3.86. The highest BCUT2D eigenvalue weighted by Crippen LogP contribution is 2.20. The standard InChI is InChI=1S/C17H22N4O3/c1-17(23,14-5-4-10-24-14)12-19-16(22)20-13-7-9-21(11-13)15-6-2-3-8-18-15/h2-6,8,10,13,23H,7,9,11-12H2,1H3,(H2,19,20,22). The molecule has 2 atom stereocenters. The van der Waals surface area contributed by atoms with Gasteiger partial charge in [0.05, 0.1) is 12.8 Å².